The molecule has 26 heavy (non-hydrogen) atoms. The highest BCUT2D eigenvalue weighted by Crippen LogP contribution is 2.28. The summed E-state index contributed by atoms with van der Waals surface area (Å²) in [6.07, 6.45) is 1.65. The van der Waals surface area contributed by atoms with Gasteiger partial charge in [0.2, 0.25) is 5.89 Å². The van der Waals surface area contributed by atoms with E-state index in [1.807, 2.05) is 61.5 Å². The lowest BCUT2D eigenvalue weighted by atomic mass is 10.1. The molecule has 1 aromatic heterocycles. The molecule has 0 saturated carbocycles. The lowest BCUT2D eigenvalue weighted by Crippen LogP contribution is -1.83. The second kappa shape index (κ2) is 6.77. The topological polar surface area (TPSA) is 58.6 Å². The lowest BCUT2D eigenvalue weighted by Gasteiger charge is -2.00. The highest BCUT2D eigenvalue weighted by molar-refractivity contribution is 9.10. The van der Waals surface area contributed by atoms with E-state index in [1.165, 1.54) is 0 Å². The molecule has 4 nitrogen and oxygen atoms in total. The molecule has 4 aromatic rings. The highest BCUT2D eigenvalue weighted by Gasteiger charge is 2.08. The van der Waals surface area contributed by atoms with Crippen molar-refractivity contribution in [2.75, 3.05) is 0 Å². The molecule has 0 amide bonds. The van der Waals surface area contributed by atoms with Crippen molar-refractivity contribution < 1.29 is 9.52 Å². The van der Waals surface area contributed by atoms with E-state index in [1.54, 1.807) is 12.3 Å². The molecule has 4 rings (SSSR count). The molecular formula is C21H15BrN2O2. The molecule has 0 atom stereocenters. The highest BCUT2D eigenvalue weighted by atomic mass is 79.9. The van der Waals surface area contributed by atoms with Crippen LogP contribution in [-0.2, 0) is 0 Å². The van der Waals surface area contributed by atoms with Crippen LogP contribution in [0.1, 0.15) is 11.1 Å². The van der Waals surface area contributed by atoms with E-state index in [9.17, 15) is 5.11 Å². The lowest BCUT2D eigenvalue weighted by molar-refractivity contribution is 0.474. The quantitative estimate of drug-likeness (QED) is 0.423. The van der Waals surface area contributed by atoms with E-state index < -0.39 is 0 Å². The fourth-order valence-electron chi connectivity index (χ4n) is 2.63. The average Bonchev–Trinajstić information content (AvgIpc) is 3.06. The van der Waals surface area contributed by atoms with Crippen molar-refractivity contribution in [3.05, 3.63) is 76.3 Å². The van der Waals surface area contributed by atoms with Gasteiger partial charge in [-0.15, -0.1) is 0 Å². The van der Waals surface area contributed by atoms with Gasteiger partial charge in [-0.25, -0.2) is 4.98 Å². The normalized spacial score (nSPS) is 11.5. The first-order chi connectivity index (χ1) is 12.6. The van der Waals surface area contributed by atoms with Gasteiger partial charge in [0.15, 0.2) is 5.58 Å². The maximum Gasteiger partial charge on any atom is 0.227 e. The Kier molecular flexibility index (Phi) is 4.31. The minimum absolute atomic E-state index is 0.208. The molecule has 1 heterocycles. The molecular weight excluding hydrogens is 392 g/mol. The molecule has 0 aliphatic rings. The maximum absolute atomic E-state index is 9.91. The molecule has 128 valence electrons. The number of hydrogen-bond donors (Lipinski definition) is 1. The predicted molar refractivity (Wildman–Crippen MR) is 107 cm³/mol. The van der Waals surface area contributed by atoms with Gasteiger partial charge in [0, 0.05) is 21.8 Å². The van der Waals surface area contributed by atoms with Crippen LogP contribution in [0.15, 0.2) is 74.5 Å². The summed E-state index contributed by atoms with van der Waals surface area (Å²) in [6, 6.07) is 18.8. The molecule has 0 spiro atoms. The first-order valence-corrected chi connectivity index (χ1v) is 8.88. The van der Waals surface area contributed by atoms with E-state index in [2.05, 4.69) is 25.9 Å². The molecule has 3 aromatic carbocycles. The van der Waals surface area contributed by atoms with Crippen LogP contribution in [0.3, 0.4) is 0 Å². The van der Waals surface area contributed by atoms with Crippen molar-refractivity contribution in [2.45, 2.75) is 6.92 Å². The second-order valence-corrected chi connectivity index (χ2v) is 6.91. The van der Waals surface area contributed by atoms with Gasteiger partial charge in [-0.05, 0) is 61.5 Å². The second-order valence-electron chi connectivity index (χ2n) is 6.00. The molecule has 0 bridgehead atoms. The van der Waals surface area contributed by atoms with Gasteiger partial charge in [0.05, 0.1) is 5.69 Å². The smallest absolute Gasteiger partial charge is 0.227 e. The number of aromatic hydroxyl groups is 1. The third-order valence-corrected chi connectivity index (χ3v) is 4.53. The Labute approximate surface area is 159 Å². The average molecular weight is 407 g/mol. The fraction of sp³-hybridized carbons (Fsp3) is 0.0476. The molecule has 5 heteroatoms. The Balaban J connectivity index is 1.66. The van der Waals surface area contributed by atoms with Gasteiger partial charge < -0.3 is 9.52 Å². The first kappa shape index (κ1) is 16.5. The van der Waals surface area contributed by atoms with E-state index in [4.69, 9.17) is 4.42 Å². The van der Waals surface area contributed by atoms with E-state index in [0.717, 1.165) is 26.8 Å². The number of halogens is 1. The fourth-order valence-corrected chi connectivity index (χ4v) is 2.90. The number of hydrogen-bond acceptors (Lipinski definition) is 4. The largest absolute Gasteiger partial charge is 0.507 e. The van der Waals surface area contributed by atoms with Crippen molar-refractivity contribution in [3.8, 4) is 17.2 Å². The zero-order valence-corrected chi connectivity index (χ0v) is 15.6. The van der Waals surface area contributed by atoms with Crippen LogP contribution in [0.5, 0.6) is 5.75 Å². The number of aromatic nitrogens is 1. The molecule has 0 fully saturated rings. The number of oxazole rings is 1. The minimum atomic E-state index is 0.208. The number of aliphatic imine (C=N–C) groups is 1. The van der Waals surface area contributed by atoms with Crippen molar-refractivity contribution >= 4 is 38.9 Å². The zero-order chi connectivity index (χ0) is 18.1. The van der Waals surface area contributed by atoms with Gasteiger partial charge in [-0.3, -0.25) is 4.99 Å². The van der Waals surface area contributed by atoms with Crippen LogP contribution in [0.2, 0.25) is 0 Å². The summed E-state index contributed by atoms with van der Waals surface area (Å²) >= 11 is 3.42. The molecule has 0 aliphatic carbocycles. The molecule has 0 aliphatic heterocycles. The van der Waals surface area contributed by atoms with E-state index in [0.29, 0.717) is 17.0 Å². The number of fused-ring (bicyclic) bond motifs is 1. The Bertz CT molecular complexity index is 1110. The van der Waals surface area contributed by atoms with Gasteiger partial charge in [0.25, 0.3) is 0 Å². The van der Waals surface area contributed by atoms with Gasteiger partial charge in [0.1, 0.15) is 11.3 Å². The van der Waals surface area contributed by atoms with E-state index >= 15 is 0 Å². The Morgan fingerprint density at radius 1 is 1.04 bits per heavy atom. The van der Waals surface area contributed by atoms with Crippen LogP contribution in [-0.4, -0.2) is 16.3 Å². The predicted octanol–water partition coefficient (Wildman–Crippen LogP) is 6.02. The third kappa shape index (κ3) is 3.39. The number of aryl methyl sites for hydroxylation is 1. The zero-order valence-electron chi connectivity index (χ0n) is 14.0. The van der Waals surface area contributed by atoms with Crippen LogP contribution in [0.4, 0.5) is 5.69 Å². The van der Waals surface area contributed by atoms with Gasteiger partial charge >= 0.3 is 0 Å². The summed E-state index contributed by atoms with van der Waals surface area (Å²) in [4.78, 5) is 9.00. The number of rotatable bonds is 3. The number of benzene rings is 3. The van der Waals surface area contributed by atoms with Crippen molar-refractivity contribution in [1.29, 1.82) is 0 Å². The van der Waals surface area contributed by atoms with Gasteiger partial charge in [-0.1, -0.05) is 27.6 Å². The monoisotopic (exact) mass is 406 g/mol. The number of nitrogens with zero attached hydrogens (tertiary/aromatic N) is 2. The maximum atomic E-state index is 9.91. The van der Waals surface area contributed by atoms with Crippen LogP contribution < -0.4 is 0 Å². The summed E-state index contributed by atoms with van der Waals surface area (Å²) in [5, 5.41) is 9.91. The Hall–Kier alpha value is -2.92. The summed E-state index contributed by atoms with van der Waals surface area (Å²) in [7, 11) is 0. The van der Waals surface area contributed by atoms with Crippen molar-refractivity contribution in [3.63, 3.8) is 0 Å². The van der Waals surface area contributed by atoms with Crippen molar-refractivity contribution in [1.82, 2.24) is 4.98 Å². The third-order valence-electron chi connectivity index (χ3n) is 4.00. The van der Waals surface area contributed by atoms with Gasteiger partial charge in [-0.2, -0.15) is 0 Å². The van der Waals surface area contributed by atoms with Crippen LogP contribution in [0, 0.1) is 6.92 Å². The number of phenols is 1. The van der Waals surface area contributed by atoms with Crippen LogP contribution >= 0.6 is 15.9 Å². The molecule has 0 radical (unpaired) electrons. The standard InChI is InChI=1S/C21H15BrN2O2/c1-13-2-8-19(25)15(10-13)12-23-17-7-9-20-18(11-17)24-21(26-20)14-3-5-16(22)6-4-14/h2-12,25H,1H3. The Morgan fingerprint density at radius 3 is 2.65 bits per heavy atom. The summed E-state index contributed by atoms with van der Waals surface area (Å²) in [6.45, 7) is 1.97. The van der Waals surface area contributed by atoms with E-state index in [-0.39, 0.29) is 5.75 Å². The molecule has 1 N–H and O–H groups in total. The first-order valence-electron chi connectivity index (χ1n) is 8.09. The summed E-state index contributed by atoms with van der Waals surface area (Å²) in [5.74, 6) is 0.782. The Morgan fingerprint density at radius 2 is 1.85 bits per heavy atom. The van der Waals surface area contributed by atoms with Crippen molar-refractivity contribution in [2.24, 2.45) is 4.99 Å². The summed E-state index contributed by atoms with van der Waals surface area (Å²) < 4.78 is 6.84. The molecule has 0 unspecified atom stereocenters. The minimum Gasteiger partial charge on any atom is -0.507 e. The summed E-state index contributed by atoms with van der Waals surface area (Å²) in [5.41, 5.74) is 4.86. The molecule has 0 saturated heterocycles. The SMILES string of the molecule is Cc1ccc(O)c(C=Nc2ccc3oc(-c4ccc(Br)cc4)nc3c2)c1. The number of phenolic OH excluding ortho intramolecular Hbond substituents is 1. The van der Waals surface area contributed by atoms with Crippen LogP contribution in [0.25, 0.3) is 22.6 Å².